The molecule has 0 fully saturated rings. The summed E-state index contributed by atoms with van der Waals surface area (Å²) in [6.45, 7) is 13.0. The highest BCUT2D eigenvalue weighted by molar-refractivity contribution is 5.73. The van der Waals surface area contributed by atoms with E-state index in [1.807, 2.05) is 32.2 Å². The van der Waals surface area contributed by atoms with Gasteiger partial charge < -0.3 is 9.47 Å². The Labute approximate surface area is 210 Å². The van der Waals surface area contributed by atoms with Crippen LogP contribution in [0.25, 0.3) is 28.2 Å². The van der Waals surface area contributed by atoms with Crippen LogP contribution in [-0.4, -0.2) is 23.8 Å². The molecular formula is C31H38N2O2. The van der Waals surface area contributed by atoms with E-state index in [-0.39, 0.29) is 0 Å². The second kappa shape index (κ2) is 11.7. The highest BCUT2D eigenvalue weighted by Gasteiger charge is 2.21. The second-order valence-electron chi connectivity index (χ2n) is 8.90. The summed E-state index contributed by atoms with van der Waals surface area (Å²) < 4.78 is 13.3. The maximum absolute atomic E-state index is 5.53. The molecule has 184 valence electrons. The van der Waals surface area contributed by atoms with Crippen LogP contribution in [0.5, 0.6) is 11.5 Å². The zero-order chi connectivity index (χ0) is 25.5. The Balaban J connectivity index is 0.00000167. The average Bonchev–Trinajstić information content (AvgIpc) is 3.38. The van der Waals surface area contributed by atoms with Gasteiger partial charge in [-0.25, -0.2) is 4.98 Å². The molecule has 35 heavy (non-hydrogen) atoms. The summed E-state index contributed by atoms with van der Waals surface area (Å²) in [5.41, 5.74) is 7.13. The summed E-state index contributed by atoms with van der Waals surface area (Å²) in [6, 6.07) is 21.0. The molecule has 0 aliphatic carbocycles. The molecule has 4 rings (SSSR count). The number of ether oxygens (including phenoxy) is 2. The van der Waals surface area contributed by atoms with Crippen molar-refractivity contribution in [3.05, 3.63) is 84.2 Å². The highest BCUT2D eigenvalue weighted by Crippen LogP contribution is 2.39. The maximum atomic E-state index is 5.53. The Morgan fingerprint density at radius 3 is 1.69 bits per heavy atom. The summed E-state index contributed by atoms with van der Waals surface area (Å²) in [6.07, 6.45) is 3.96. The molecule has 3 aromatic carbocycles. The molecule has 0 unspecified atom stereocenters. The van der Waals surface area contributed by atoms with Gasteiger partial charge in [-0.05, 0) is 58.4 Å². The Morgan fingerprint density at radius 1 is 0.686 bits per heavy atom. The highest BCUT2D eigenvalue weighted by atomic mass is 16.5. The van der Waals surface area contributed by atoms with Crippen molar-refractivity contribution in [2.24, 2.45) is 0 Å². The molecule has 1 aromatic heterocycles. The van der Waals surface area contributed by atoms with E-state index in [1.54, 1.807) is 14.2 Å². The zero-order valence-electron chi connectivity index (χ0n) is 22.3. The van der Waals surface area contributed by atoms with E-state index in [0.717, 1.165) is 34.0 Å². The summed E-state index contributed by atoms with van der Waals surface area (Å²) in [4.78, 5) is 4.72. The van der Waals surface area contributed by atoms with Crippen LogP contribution >= 0.6 is 0 Å². The molecule has 4 heteroatoms. The van der Waals surface area contributed by atoms with Crippen molar-refractivity contribution < 1.29 is 9.47 Å². The molecule has 0 spiro atoms. The van der Waals surface area contributed by atoms with Crippen LogP contribution in [0.15, 0.2) is 73.1 Å². The zero-order valence-corrected chi connectivity index (χ0v) is 22.3. The quantitative estimate of drug-likeness (QED) is 0.272. The van der Waals surface area contributed by atoms with E-state index in [4.69, 9.17) is 14.5 Å². The first-order valence-electron chi connectivity index (χ1n) is 12.4. The van der Waals surface area contributed by atoms with Gasteiger partial charge in [-0.3, -0.25) is 4.57 Å². The van der Waals surface area contributed by atoms with Crippen molar-refractivity contribution in [3.63, 3.8) is 0 Å². The van der Waals surface area contributed by atoms with Crippen molar-refractivity contribution in [2.45, 2.75) is 53.4 Å². The van der Waals surface area contributed by atoms with Crippen molar-refractivity contribution in [1.82, 2.24) is 9.55 Å². The molecule has 1 heterocycles. The fraction of sp³-hybridized carbons (Fsp3) is 0.323. The normalized spacial score (nSPS) is 10.8. The van der Waals surface area contributed by atoms with Crippen LogP contribution < -0.4 is 9.47 Å². The van der Waals surface area contributed by atoms with E-state index < -0.39 is 0 Å². The minimum atomic E-state index is 0.330. The molecule has 0 N–H and O–H groups in total. The Kier molecular flexibility index (Phi) is 8.75. The third-order valence-corrected chi connectivity index (χ3v) is 6.01. The lowest BCUT2D eigenvalue weighted by Crippen LogP contribution is -2.08. The van der Waals surface area contributed by atoms with Gasteiger partial charge in [0.15, 0.2) is 0 Å². The largest absolute Gasteiger partial charge is 0.497 e. The summed E-state index contributed by atoms with van der Waals surface area (Å²) in [5, 5.41) is 0. The number of methoxy groups -OCH3 is 2. The van der Waals surface area contributed by atoms with Crippen LogP contribution in [0.2, 0.25) is 0 Å². The minimum absolute atomic E-state index is 0.330. The van der Waals surface area contributed by atoms with Crippen molar-refractivity contribution in [3.8, 4) is 39.7 Å². The van der Waals surface area contributed by atoms with E-state index >= 15 is 0 Å². The van der Waals surface area contributed by atoms with E-state index in [0.29, 0.717) is 11.8 Å². The number of aromatic nitrogens is 2. The topological polar surface area (TPSA) is 36.3 Å². The number of hydrogen-bond acceptors (Lipinski definition) is 3. The molecule has 0 atom stereocenters. The van der Waals surface area contributed by atoms with Gasteiger partial charge in [0.1, 0.15) is 17.3 Å². The van der Waals surface area contributed by atoms with E-state index in [2.05, 4.69) is 87.0 Å². The lowest BCUT2D eigenvalue weighted by atomic mass is 9.88. The summed E-state index contributed by atoms with van der Waals surface area (Å²) >= 11 is 0. The molecule has 0 amide bonds. The number of hydrogen-bond donors (Lipinski definition) is 0. The fourth-order valence-corrected chi connectivity index (χ4v) is 4.26. The van der Waals surface area contributed by atoms with Gasteiger partial charge in [-0.2, -0.15) is 0 Å². The third kappa shape index (κ3) is 5.59. The Hall–Kier alpha value is -3.53. The molecule has 0 saturated heterocycles. The molecule has 0 radical (unpaired) electrons. The predicted molar refractivity (Wildman–Crippen MR) is 147 cm³/mol. The molecule has 4 aromatic rings. The van der Waals surface area contributed by atoms with E-state index in [1.165, 1.54) is 16.8 Å². The summed E-state index contributed by atoms with van der Waals surface area (Å²) in [7, 11) is 3.37. The van der Waals surface area contributed by atoms with Gasteiger partial charge in [0.25, 0.3) is 0 Å². The Morgan fingerprint density at radius 2 is 1.20 bits per heavy atom. The number of benzene rings is 3. The fourth-order valence-electron chi connectivity index (χ4n) is 4.26. The van der Waals surface area contributed by atoms with Crippen LogP contribution in [0, 0.1) is 0 Å². The monoisotopic (exact) mass is 470 g/mol. The van der Waals surface area contributed by atoms with Gasteiger partial charge in [0.2, 0.25) is 0 Å². The van der Waals surface area contributed by atoms with Crippen LogP contribution in [0.4, 0.5) is 0 Å². The van der Waals surface area contributed by atoms with Crippen LogP contribution in [0.3, 0.4) is 0 Å². The molecule has 0 aliphatic heterocycles. The molecule has 4 nitrogen and oxygen atoms in total. The standard InChI is InChI=1S/C29H32N2O2.C2H6/c1-19(2)26-16-23(22-14-24(32-5)18-25(15-22)33-6)17-27(20(3)4)28(26)31-13-12-30-29(31)21-10-8-7-9-11-21;1-2/h7-20H,1-6H3;1-2H3. The number of nitrogens with zero attached hydrogens (tertiary/aromatic N) is 2. The first-order chi connectivity index (χ1) is 16.9. The molecule has 0 aliphatic rings. The maximum Gasteiger partial charge on any atom is 0.144 e. The van der Waals surface area contributed by atoms with Crippen LogP contribution in [0.1, 0.15) is 64.5 Å². The summed E-state index contributed by atoms with van der Waals surface area (Å²) in [5.74, 6) is 3.18. The number of rotatable bonds is 7. The molecule has 0 saturated carbocycles. The predicted octanol–water partition coefficient (Wildman–Crippen LogP) is 8.50. The molecule has 0 bridgehead atoms. The van der Waals surface area contributed by atoms with Gasteiger partial charge in [0, 0.05) is 24.0 Å². The van der Waals surface area contributed by atoms with Gasteiger partial charge in [-0.1, -0.05) is 71.9 Å². The first-order valence-corrected chi connectivity index (χ1v) is 12.4. The van der Waals surface area contributed by atoms with Gasteiger partial charge >= 0.3 is 0 Å². The van der Waals surface area contributed by atoms with Gasteiger partial charge in [-0.15, -0.1) is 0 Å². The van der Waals surface area contributed by atoms with Gasteiger partial charge in [0.05, 0.1) is 19.9 Å². The smallest absolute Gasteiger partial charge is 0.144 e. The Bertz CT molecular complexity index is 1190. The second-order valence-corrected chi connectivity index (χ2v) is 8.90. The SMILES string of the molecule is CC.COc1cc(OC)cc(-c2cc(C(C)C)c(-n3ccnc3-c3ccccc3)c(C(C)C)c2)c1. The average molecular weight is 471 g/mol. The minimum Gasteiger partial charge on any atom is -0.497 e. The van der Waals surface area contributed by atoms with Crippen molar-refractivity contribution in [2.75, 3.05) is 14.2 Å². The van der Waals surface area contributed by atoms with E-state index in [9.17, 15) is 0 Å². The lowest BCUT2D eigenvalue weighted by molar-refractivity contribution is 0.394. The van der Waals surface area contributed by atoms with Crippen LogP contribution in [-0.2, 0) is 0 Å². The lowest BCUT2D eigenvalue weighted by Gasteiger charge is -2.24. The molecular weight excluding hydrogens is 432 g/mol. The van der Waals surface area contributed by atoms with Crippen molar-refractivity contribution >= 4 is 0 Å². The first kappa shape index (κ1) is 26.1. The number of imidazole rings is 1. The third-order valence-electron chi connectivity index (χ3n) is 6.01. The van der Waals surface area contributed by atoms with Crippen molar-refractivity contribution in [1.29, 1.82) is 0 Å².